The highest BCUT2D eigenvalue weighted by Gasteiger charge is 2.37. The van der Waals surface area contributed by atoms with E-state index in [4.69, 9.17) is 0 Å². The lowest BCUT2D eigenvalue weighted by atomic mass is 9.88. The van der Waals surface area contributed by atoms with Gasteiger partial charge in [-0.15, -0.1) is 10.2 Å². The summed E-state index contributed by atoms with van der Waals surface area (Å²) in [7, 11) is 0. The third-order valence-corrected chi connectivity index (χ3v) is 11.7. The number of likely N-dealkylation sites (tertiary alicyclic amines) is 1. The molecule has 2 aromatic heterocycles. The number of benzene rings is 3. The van der Waals surface area contributed by atoms with Crippen LogP contribution in [0.2, 0.25) is 0 Å². The molecule has 0 bridgehead atoms. The Kier molecular flexibility index (Phi) is 8.19. The number of amides is 2. The number of anilines is 2. The normalized spacial score (nSPS) is 20.6. The summed E-state index contributed by atoms with van der Waals surface area (Å²) in [6, 6.07) is 27.1. The van der Waals surface area contributed by atoms with Gasteiger partial charge < -0.3 is 24.4 Å². The van der Waals surface area contributed by atoms with E-state index in [1.165, 1.54) is 42.5 Å². The zero-order chi connectivity index (χ0) is 34.5. The Hall–Kier alpha value is -5.22. The van der Waals surface area contributed by atoms with Crippen molar-refractivity contribution in [1.29, 1.82) is 0 Å². The highest BCUT2D eigenvalue weighted by atomic mass is 16.3. The summed E-state index contributed by atoms with van der Waals surface area (Å²) >= 11 is 0. The molecule has 0 aliphatic carbocycles. The van der Waals surface area contributed by atoms with E-state index in [2.05, 4.69) is 77.2 Å². The molecule has 3 saturated heterocycles. The van der Waals surface area contributed by atoms with Gasteiger partial charge in [0.25, 0.3) is 0 Å². The molecule has 10 heteroatoms. The van der Waals surface area contributed by atoms with Crippen LogP contribution in [0, 0.1) is 0 Å². The van der Waals surface area contributed by atoms with Crippen LogP contribution in [0.25, 0.3) is 28.0 Å². The van der Waals surface area contributed by atoms with Gasteiger partial charge in [-0.2, -0.15) is 0 Å². The predicted octanol–water partition coefficient (Wildman–Crippen LogP) is 5.81. The van der Waals surface area contributed by atoms with Crippen LogP contribution in [-0.4, -0.2) is 81.4 Å². The van der Waals surface area contributed by atoms with Gasteiger partial charge in [-0.3, -0.25) is 14.9 Å². The molecule has 2 N–H and O–H groups in total. The molecule has 1 atom stereocenters. The number of hydrogen-bond donors (Lipinski definition) is 2. The van der Waals surface area contributed by atoms with Crippen molar-refractivity contribution in [3.63, 3.8) is 0 Å². The third kappa shape index (κ3) is 5.91. The number of aromatic hydroxyl groups is 1. The molecule has 10 nitrogen and oxygen atoms in total. The van der Waals surface area contributed by atoms with Crippen LogP contribution in [-0.2, 0) is 16.0 Å². The lowest BCUT2D eigenvalue weighted by Gasteiger charge is -2.43. The lowest BCUT2D eigenvalue weighted by Crippen LogP contribution is -2.52. The van der Waals surface area contributed by atoms with Crippen molar-refractivity contribution in [3.8, 4) is 22.7 Å². The van der Waals surface area contributed by atoms with Crippen LogP contribution < -0.4 is 15.1 Å². The molecule has 4 aliphatic rings. The van der Waals surface area contributed by atoms with Gasteiger partial charge in [-0.1, -0.05) is 30.3 Å². The van der Waals surface area contributed by atoms with Gasteiger partial charge in [-0.05, 0) is 112 Å². The van der Waals surface area contributed by atoms with Crippen molar-refractivity contribution in [3.05, 3.63) is 96.2 Å². The van der Waals surface area contributed by atoms with E-state index in [9.17, 15) is 14.7 Å². The van der Waals surface area contributed by atoms with Crippen LogP contribution in [0.4, 0.5) is 11.4 Å². The Balaban J connectivity index is 0.812. The number of piperidine rings is 3. The number of phenols is 1. The fraction of sp³-hybridized carbons (Fsp3) is 0.366. The SMILES string of the molecule is O=C1CCC(N2CCc3c(N4CCC(N5CCC(c6ccc(-n7ccc8nnc(-c9ccccc9O)cc87)cc6)CC5)CC4)cccc32)C(=O)N1. The first-order valence-corrected chi connectivity index (χ1v) is 18.4. The fourth-order valence-electron chi connectivity index (χ4n) is 8.99. The zero-order valence-corrected chi connectivity index (χ0v) is 28.7. The first-order chi connectivity index (χ1) is 25.0. The van der Waals surface area contributed by atoms with Crippen LogP contribution in [0.1, 0.15) is 55.6 Å². The molecule has 2 amide bonds. The minimum absolute atomic E-state index is 0.159. The van der Waals surface area contributed by atoms with E-state index < -0.39 is 0 Å². The second-order valence-corrected chi connectivity index (χ2v) is 14.5. The van der Waals surface area contributed by atoms with E-state index in [1.54, 1.807) is 12.1 Å². The number of nitrogens with zero attached hydrogens (tertiary/aromatic N) is 6. The van der Waals surface area contributed by atoms with Crippen molar-refractivity contribution < 1.29 is 14.7 Å². The number of hydrogen-bond acceptors (Lipinski definition) is 8. The molecule has 9 rings (SSSR count). The number of carbonyl (C=O) groups is 2. The van der Waals surface area contributed by atoms with Crippen molar-refractivity contribution >= 4 is 34.2 Å². The Morgan fingerprint density at radius 1 is 0.745 bits per heavy atom. The van der Waals surface area contributed by atoms with Gasteiger partial charge in [0.15, 0.2) is 0 Å². The highest BCUT2D eigenvalue weighted by molar-refractivity contribution is 6.02. The first-order valence-electron chi connectivity index (χ1n) is 18.4. The number of rotatable bonds is 6. The van der Waals surface area contributed by atoms with E-state index in [0.717, 1.165) is 61.6 Å². The molecule has 6 heterocycles. The van der Waals surface area contributed by atoms with Crippen molar-refractivity contribution in [2.45, 2.75) is 62.9 Å². The van der Waals surface area contributed by atoms with Gasteiger partial charge in [0.05, 0.1) is 11.2 Å². The third-order valence-electron chi connectivity index (χ3n) is 11.7. The number of carbonyl (C=O) groups excluding carboxylic acids is 2. The minimum atomic E-state index is -0.258. The second-order valence-electron chi connectivity index (χ2n) is 14.5. The molecule has 0 saturated carbocycles. The molecule has 4 aliphatic heterocycles. The zero-order valence-electron chi connectivity index (χ0n) is 28.7. The van der Waals surface area contributed by atoms with E-state index in [0.29, 0.717) is 36.1 Å². The number of aromatic nitrogens is 3. The van der Waals surface area contributed by atoms with E-state index >= 15 is 0 Å². The van der Waals surface area contributed by atoms with Crippen LogP contribution in [0.5, 0.6) is 5.75 Å². The molecule has 5 aromatic rings. The maximum atomic E-state index is 12.6. The van der Waals surface area contributed by atoms with Crippen LogP contribution in [0.15, 0.2) is 85.1 Å². The van der Waals surface area contributed by atoms with Gasteiger partial charge in [0.2, 0.25) is 11.8 Å². The summed E-state index contributed by atoms with van der Waals surface area (Å²) in [4.78, 5) is 31.9. The molecule has 0 spiro atoms. The number of fused-ring (bicyclic) bond motifs is 2. The quantitative estimate of drug-likeness (QED) is 0.217. The summed E-state index contributed by atoms with van der Waals surface area (Å²) in [5.41, 5.74) is 9.42. The molecule has 0 radical (unpaired) electrons. The van der Waals surface area contributed by atoms with Gasteiger partial charge in [-0.25, -0.2) is 0 Å². The summed E-state index contributed by atoms with van der Waals surface area (Å²) < 4.78 is 2.14. The lowest BCUT2D eigenvalue weighted by molar-refractivity contribution is -0.134. The molecular weight excluding hydrogens is 638 g/mol. The van der Waals surface area contributed by atoms with Crippen molar-refractivity contribution in [2.75, 3.05) is 42.5 Å². The standard InChI is InChI=1S/C41H43N7O3/c49-39-7-2-1-4-31(39)34-26-38-33(43-44-34)19-25-47(38)30-10-8-27(9-11-30)28-14-20-45(21-15-28)29-16-22-46(23-17-29)35-5-3-6-36-32(35)18-24-48(36)37-12-13-40(50)42-41(37)51/h1-11,19,25-26,28-29,37,49H,12-18,20-24H2,(H,42,50,51). The molecule has 51 heavy (non-hydrogen) atoms. The fourth-order valence-corrected chi connectivity index (χ4v) is 8.99. The topological polar surface area (TPSA) is 107 Å². The summed E-state index contributed by atoms with van der Waals surface area (Å²) in [5.74, 6) is 0.441. The van der Waals surface area contributed by atoms with Crippen molar-refractivity contribution in [1.82, 2.24) is 25.0 Å². The summed E-state index contributed by atoms with van der Waals surface area (Å²) in [6.07, 6.45) is 8.66. The Bertz CT molecular complexity index is 2090. The van der Waals surface area contributed by atoms with E-state index in [1.807, 2.05) is 30.5 Å². The number of nitrogens with one attached hydrogen (secondary N) is 1. The average molecular weight is 682 g/mol. The van der Waals surface area contributed by atoms with Gasteiger partial charge in [0.1, 0.15) is 17.3 Å². The molecule has 3 aromatic carbocycles. The number of para-hydroxylation sites is 1. The number of phenolic OH excluding ortho intramolecular Hbond substituents is 1. The summed E-state index contributed by atoms with van der Waals surface area (Å²) in [6.45, 7) is 5.19. The van der Waals surface area contributed by atoms with E-state index in [-0.39, 0.29) is 23.6 Å². The Labute approximate surface area is 297 Å². The van der Waals surface area contributed by atoms with Crippen LogP contribution in [0.3, 0.4) is 0 Å². The predicted molar refractivity (Wildman–Crippen MR) is 198 cm³/mol. The molecular formula is C41H43N7O3. The maximum Gasteiger partial charge on any atom is 0.249 e. The Morgan fingerprint density at radius 3 is 2.31 bits per heavy atom. The largest absolute Gasteiger partial charge is 0.507 e. The van der Waals surface area contributed by atoms with Gasteiger partial charge in [0, 0.05) is 66.5 Å². The minimum Gasteiger partial charge on any atom is -0.507 e. The maximum absolute atomic E-state index is 12.6. The van der Waals surface area contributed by atoms with Gasteiger partial charge >= 0.3 is 0 Å². The molecule has 1 unspecified atom stereocenters. The molecule has 260 valence electrons. The smallest absolute Gasteiger partial charge is 0.249 e. The Morgan fingerprint density at radius 2 is 1.53 bits per heavy atom. The van der Waals surface area contributed by atoms with Crippen LogP contribution >= 0.6 is 0 Å². The molecule has 3 fully saturated rings. The summed E-state index contributed by atoms with van der Waals surface area (Å²) in [5, 5.41) is 21.7. The first kappa shape index (κ1) is 31.7. The number of imide groups is 1. The van der Waals surface area contributed by atoms with Crippen molar-refractivity contribution in [2.24, 2.45) is 0 Å². The average Bonchev–Trinajstić information content (AvgIpc) is 3.80. The monoisotopic (exact) mass is 681 g/mol. The second kappa shape index (κ2) is 13.2. The highest BCUT2D eigenvalue weighted by Crippen LogP contribution is 2.39.